The smallest absolute Gasteiger partial charge is 0.330 e. The van der Waals surface area contributed by atoms with Gasteiger partial charge in [-0.25, -0.2) is 4.79 Å². The van der Waals surface area contributed by atoms with Crippen LogP contribution >= 0.6 is 0 Å². The standard InChI is InChI=1S/C28H43NO5/c1-6-33-26(31)12-7-17(2)22-10-11-23-21-9-8-19-15-20(34-18(3)30)13-14-27(19,4)24(21)16-25(29-32)28(22,23)5/h7,12,17,19-24,32H,6,8-11,13-16H2,1-5H3/b12-7+,29-25+/t17-,19-,20-,21?,22-,23?,24?,27+,28-/m1/s1. The maximum absolute atomic E-state index is 11.9. The minimum atomic E-state index is -0.288. The maximum Gasteiger partial charge on any atom is 0.330 e. The van der Waals surface area contributed by atoms with Crippen molar-refractivity contribution in [2.45, 2.75) is 92.1 Å². The second kappa shape index (κ2) is 9.66. The van der Waals surface area contributed by atoms with Crippen molar-refractivity contribution in [1.82, 2.24) is 0 Å². The van der Waals surface area contributed by atoms with Crippen molar-refractivity contribution < 1.29 is 24.3 Å². The van der Waals surface area contributed by atoms with E-state index in [0.717, 1.165) is 44.2 Å². The molecule has 0 amide bonds. The summed E-state index contributed by atoms with van der Waals surface area (Å²) in [5.41, 5.74) is 1.01. The molecule has 9 atom stereocenters. The lowest BCUT2D eigenvalue weighted by Gasteiger charge is -2.61. The van der Waals surface area contributed by atoms with Crippen LogP contribution in [0.2, 0.25) is 0 Å². The lowest BCUT2D eigenvalue weighted by Crippen LogP contribution is -2.57. The summed E-state index contributed by atoms with van der Waals surface area (Å²) in [6, 6.07) is 0. The van der Waals surface area contributed by atoms with Crippen LogP contribution in [0.1, 0.15) is 86.0 Å². The van der Waals surface area contributed by atoms with Crippen molar-refractivity contribution in [3.63, 3.8) is 0 Å². The fourth-order valence-corrected chi connectivity index (χ4v) is 8.87. The Kier molecular flexibility index (Phi) is 7.17. The van der Waals surface area contributed by atoms with Gasteiger partial charge >= 0.3 is 11.9 Å². The van der Waals surface area contributed by atoms with Crippen LogP contribution in [-0.4, -0.2) is 35.6 Å². The first-order chi connectivity index (χ1) is 16.1. The van der Waals surface area contributed by atoms with Crippen molar-refractivity contribution in [2.75, 3.05) is 6.61 Å². The molecule has 3 unspecified atom stereocenters. The van der Waals surface area contributed by atoms with E-state index in [0.29, 0.717) is 36.2 Å². The number of ether oxygens (including phenoxy) is 2. The molecule has 4 aliphatic carbocycles. The second-order valence-corrected chi connectivity index (χ2v) is 11.9. The van der Waals surface area contributed by atoms with Gasteiger partial charge < -0.3 is 14.7 Å². The SMILES string of the molecule is CCOC(=O)/C=C/[C@@H](C)[C@H]1CCC2C3CC[C@@H]4C[C@H](OC(C)=O)CC[C@]4(C)C3C/C(=N\O)[C@@]21C. The Morgan fingerprint density at radius 1 is 1.18 bits per heavy atom. The third kappa shape index (κ3) is 4.19. The number of hydrogen-bond donors (Lipinski definition) is 1. The summed E-state index contributed by atoms with van der Waals surface area (Å²) in [6.45, 7) is 10.7. The van der Waals surface area contributed by atoms with Gasteiger partial charge in [0.1, 0.15) is 6.10 Å². The van der Waals surface area contributed by atoms with Crippen LogP contribution < -0.4 is 0 Å². The van der Waals surface area contributed by atoms with E-state index in [1.807, 2.05) is 13.0 Å². The highest BCUT2D eigenvalue weighted by Crippen LogP contribution is 2.67. The van der Waals surface area contributed by atoms with Gasteiger partial charge in [0.05, 0.1) is 12.3 Å². The molecule has 1 N–H and O–H groups in total. The molecular weight excluding hydrogens is 430 g/mol. The number of esters is 2. The molecule has 0 aromatic rings. The van der Waals surface area contributed by atoms with Crippen LogP contribution in [0.25, 0.3) is 0 Å². The van der Waals surface area contributed by atoms with Crippen molar-refractivity contribution in [1.29, 1.82) is 0 Å². The molecule has 6 nitrogen and oxygen atoms in total. The molecule has 0 radical (unpaired) electrons. The third-order valence-electron chi connectivity index (χ3n) is 10.5. The van der Waals surface area contributed by atoms with Crippen molar-refractivity contribution in [3.8, 4) is 0 Å². The summed E-state index contributed by atoms with van der Waals surface area (Å²) in [5, 5.41) is 14.2. The minimum Gasteiger partial charge on any atom is -0.463 e. The fourth-order valence-electron chi connectivity index (χ4n) is 8.87. The fraction of sp³-hybridized carbons (Fsp3) is 0.821. The van der Waals surface area contributed by atoms with Crippen molar-refractivity contribution in [2.24, 2.45) is 51.5 Å². The lowest BCUT2D eigenvalue weighted by atomic mass is 9.44. The van der Waals surface area contributed by atoms with Crippen LogP contribution in [0, 0.1) is 46.3 Å². The van der Waals surface area contributed by atoms with E-state index in [2.05, 4.69) is 25.9 Å². The molecule has 0 aliphatic heterocycles. The average molecular weight is 474 g/mol. The average Bonchev–Trinajstić information content (AvgIpc) is 3.15. The molecule has 0 heterocycles. The summed E-state index contributed by atoms with van der Waals surface area (Å²) >= 11 is 0. The van der Waals surface area contributed by atoms with Crippen molar-refractivity contribution >= 4 is 17.7 Å². The monoisotopic (exact) mass is 473 g/mol. The number of allylic oxidation sites excluding steroid dienone is 1. The summed E-state index contributed by atoms with van der Waals surface area (Å²) < 4.78 is 10.7. The highest BCUT2D eigenvalue weighted by Gasteiger charge is 2.63. The molecule has 0 aromatic heterocycles. The molecule has 34 heavy (non-hydrogen) atoms. The molecule has 4 saturated carbocycles. The first-order valence-corrected chi connectivity index (χ1v) is 13.4. The van der Waals surface area contributed by atoms with Gasteiger partial charge in [0.15, 0.2) is 0 Å². The number of oxime groups is 1. The minimum absolute atomic E-state index is 0.0508. The zero-order valence-electron chi connectivity index (χ0n) is 21.6. The summed E-state index contributed by atoms with van der Waals surface area (Å²) in [7, 11) is 0. The molecule has 0 aromatic carbocycles. The van der Waals surface area contributed by atoms with Crippen LogP contribution in [0.3, 0.4) is 0 Å². The Labute approximate surface area is 204 Å². The molecule has 190 valence electrons. The van der Waals surface area contributed by atoms with Gasteiger partial charge in [0.25, 0.3) is 0 Å². The molecule has 4 fully saturated rings. The number of rotatable bonds is 5. The van der Waals surface area contributed by atoms with Crippen LogP contribution in [-0.2, 0) is 19.1 Å². The Bertz CT molecular complexity index is 852. The first-order valence-electron chi connectivity index (χ1n) is 13.4. The summed E-state index contributed by atoms with van der Waals surface area (Å²) in [6.07, 6.45) is 12.1. The van der Waals surface area contributed by atoms with Crippen LogP contribution in [0.4, 0.5) is 0 Å². The zero-order chi connectivity index (χ0) is 24.7. The quantitative estimate of drug-likeness (QED) is 0.237. The molecule has 6 heteroatoms. The highest BCUT2D eigenvalue weighted by molar-refractivity contribution is 5.91. The third-order valence-corrected chi connectivity index (χ3v) is 10.5. The highest BCUT2D eigenvalue weighted by atomic mass is 16.5. The van der Waals surface area contributed by atoms with E-state index in [-0.39, 0.29) is 34.8 Å². The molecule has 0 spiro atoms. The predicted octanol–water partition coefficient (Wildman–Crippen LogP) is 5.77. The van der Waals surface area contributed by atoms with E-state index in [9.17, 15) is 14.8 Å². The molecule has 4 aliphatic rings. The van der Waals surface area contributed by atoms with Gasteiger partial charge in [-0.1, -0.05) is 32.0 Å². The Morgan fingerprint density at radius 2 is 1.94 bits per heavy atom. The van der Waals surface area contributed by atoms with Gasteiger partial charge in [-0.2, -0.15) is 0 Å². The first kappa shape index (κ1) is 25.2. The van der Waals surface area contributed by atoms with E-state index < -0.39 is 0 Å². The Balaban J connectivity index is 1.56. The van der Waals surface area contributed by atoms with E-state index in [1.54, 1.807) is 6.08 Å². The zero-order valence-corrected chi connectivity index (χ0v) is 21.6. The van der Waals surface area contributed by atoms with Gasteiger partial charge in [0.2, 0.25) is 0 Å². The van der Waals surface area contributed by atoms with Gasteiger partial charge in [0, 0.05) is 18.4 Å². The van der Waals surface area contributed by atoms with Crippen molar-refractivity contribution in [3.05, 3.63) is 12.2 Å². The molecule has 4 rings (SSSR count). The van der Waals surface area contributed by atoms with E-state index >= 15 is 0 Å². The number of fused-ring (bicyclic) bond motifs is 5. The van der Waals surface area contributed by atoms with E-state index in [4.69, 9.17) is 9.47 Å². The number of carbonyl (C=O) groups is 2. The summed E-state index contributed by atoms with van der Waals surface area (Å²) in [5.74, 6) is 2.30. The summed E-state index contributed by atoms with van der Waals surface area (Å²) in [4.78, 5) is 23.4. The van der Waals surface area contributed by atoms with Gasteiger partial charge in [-0.3, -0.25) is 4.79 Å². The Hall–Kier alpha value is -1.85. The van der Waals surface area contributed by atoms with E-state index in [1.165, 1.54) is 19.8 Å². The van der Waals surface area contributed by atoms with Crippen LogP contribution in [0.5, 0.6) is 0 Å². The Morgan fingerprint density at radius 3 is 2.62 bits per heavy atom. The second-order valence-electron chi connectivity index (χ2n) is 11.9. The number of nitrogens with zero attached hydrogens (tertiary/aromatic N) is 1. The number of carbonyl (C=O) groups excluding carboxylic acids is 2. The van der Waals surface area contributed by atoms with Crippen LogP contribution in [0.15, 0.2) is 17.3 Å². The lowest BCUT2D eigenvalue weighted by molar-refractivity contribution is -0.156. The maximum atomic E-state index is 11.9. The topological polar surface area (TPSA) is 85.2 Å². The molecule has 0 saturated heterocycles. The normalized spacial score (nSPS) is 43.6. The number of hydrogen-bond acceptors (Lipinski definition) is 6. The molecule has 0 bridgehead atoms. The molecular formula is C28H43NO5. The van der Waals surface area contributed by atoms with Gasteiger partial charge in [-0.05, 0) is 99.2 Å². The predicted molar refractivity (Wildman–Crippen MR) is 130 cm³/mol. The van der Waals surface area contributed by atoms with Gasteiger partial charge in [-0.15, -0.1) is 0 Å². The largest absolute Gasteiger partial charge is 0.463 e.